The summed E-state index contributed by atoms with van der Waals surface area (Å²) in [7, 11) is 0. The van der Waals surface area contributed by atoms with Crippen LogP contribution in [0.15, 0.2) is 40.9 Å². The van der Waals surface area contributed by atoms with Crippen LogP contribution in [0.25, 0.3) is 0 Å². The van der Waals surface area contributed by atoms with E-state index in [1.807, 2.05) is 0 Å². The molecule has 0 atom stereocenters. The Kier molecular flexibility index (Phi) is 4.44. The zero-order valence-electron chi connectivity index (χ0n) is 10.3. The third-order valence-electron chi connectivity index (χ3n) is 2.62. The van der Waals surface area contributed by atoms with Crippen molar-refractivity contribution in [2.24, 2.45) is 0 Å². The Morgan fingerprint density at radius 3 is 2.48 bits per heavy atom. The zero-order chi connectivity index (χ0) is 15.6. The number of carbonyl (C=O) groups is 1. The molecule has 6 nitrogen and oxygen atoms in total. The van der Waals surface area contributed by atoms with Gasteiger partial charge in [0, 0.05) is 22.3 Å². The summed E-state index contributed by atoms with van der Waals surface area (Å²) < 4.78 is 0.466. The van der Waals surface area contributed by atoms with E-state index in [2.05, 4.69) is 21.2 Å². The summed E-state index contributed by atoms with van der Waals surface area (Å²) in [5, 5.41) is 23.1. The van der Waals surface area contributed by atoms with Crippen molar-refractivity contribution in [2.45, 2.75) is 0 Å². The number of phenols is 1. The van der Waals surface area contributed by atoms with Gasteiger partial charge in [0.15, 0.2) is 0 Å². The number of nitrogens with zero attached hydrogens (tertiary/aromatic N) is 1. The fraction of sp³-hybridized carbons (Fsp3) is 0. The summed E-state index contributed by atoms with van der Waals surface area (Å²) in [6.45, 7) is 0. The number of nitro groups is 1. The lowest BCUT2D eigenvalue weighted by atomic mass is 10.2. The van der Waals surface area contributed by atoms with Gasteiger partial charge >= 0.3 is 0 Å². The SMILES string of the molecule is O=C(Nc1ccc([N+](=O)[O-])cc1)c1cc(Cl)c(Br)cc1O. The second-order valence-electron chi connectivity index (χ2n) is 4.04. The van der Waals surface area contributed by atoms with Gasteiger partial charge in [0.2, 0.25) is 0 Å². The van der Waals surface area contributed by atoms with E-state index in [-0.39, 0.29) is 22.0 Å². The molecular weight excluding hydrogens is 364 g/mol. The molecule has 0 spiro atoms. The molecule has 8 heteroatoms. The second-order valence-corrected chi connectivity index (χ2v) is 5.30. The van der Waals surface area contributed by atoms with Crippen LogP contribution in [0.3, 0.4) is 0 Å². The quantitative estimate of drug-likeness (QED) is 0.631. The highest BCUT2D eigenvalue weighted by Gasteiger charge is 2.14. The number of hydrogen-bond acceptors (Lipinski definition) is 4. The molecule has 0 heterocycles. The highest BCUT2D eigenvalue weighted by molar-refractivity contribution is 9.10. The van der Waals surface area contributed by atoms with E-state index >= 15 is 0 Å². The molecule has 0 aliphatic heterocycles. The van der Waals surface area contributed by atoms with Gasteiger partial charge in [-0.05, 0) is 40.2 Å². The van der Waals surface area contributed by atoms with Gasteiger partial charge in [0.1, 0.15) is 5.75 Å². The summed E-state index contributed by atoms with van der Waals surface area (Å²) in [5.41, 5.74) is 0.285. The number of nitrogens with one attached hydrogen (secondary N) is 1. The molecule has 0 radical (unpaired) electrons. The van der Waals surface area contributed by atoms with Gasteiger partial charge in [-0.25, -0.2) is 0 Å². The minimum absolute atomic E-state index is 0.00144. The maximum Gasteiger partial charge on any atom is 0.269 e. The smallest absolute Gasteiger partial charge is 0.269 e. The lowest BCUT2D eigenvalue weighted by Crippen LogP contribution is -2.12. The van der Waals surface area contributed by atoms with Gasteiger partial charge < -0.3 is 10.4 Å². The predicted octanol–water partition coefficient (Wildman–Crippen LogP) is 3.97. The number of benzene rings is 2. The van der Waals surface area contributed by atoms with E-state index in [0.29, 0.717) is 10.2 Å². The lowest BCUT2D eigenvalue weighted by Gasteiger charge is -2.08. The number of rotatable bonds is 3. The fourth-order valence-corrected chi connectivity index (χ4v) is 2.08. The molecule has 2 N–H and O–H groups in total. The average molecular weight is 372 g/mol. The van der Waals surface area contributed by atoms with Crippen LogP contribution in [-0.4, -0.2) is 15.9 Å². The van der Waals surface area contributed by atoms with Gasteiger partial charge in [0.25, 0.3) is 11.6 Å². The Balaban J connectivity index is 2.22. The number of anilines is 1. The number of phenolic OH excluding ortho intramolecular Hbond substituents is 1. The summed E-state index contributed by atoms with van der Waals surface area (Å²) >= 11 is 9.01. The first-order valence-electron chi connectivity index (χ1n) is 5.62. The zero-order valence-corrected chi connectivity index (χ0v) is 12.7. The van der Waals surface area contributed by atoms with Gasteiger partial charge in [-0.15, -0.1) is 0 Å². The van der Waals surface area contributed by atoms with Gasteiger partial charge in [0.05, 0.1) is 15.5 Å². The standard InChI is InChI=1S/C13H8BrClN2O4/c14-10-6-12(18)9(5-11(10)15)13(19)16-7-1-3-8(4-2-7)17(20)21/h1-6,18H,(H,16,19). The molecule has 1 amide bonds. The predicted molar refractivity (Wildman–Crippen MR) is 81.9 cm³/mol. The molecule has 0 bridgehead atoms. The molecular formula is C13H8BrClN2O4. The minimum Gasteiger partial charge on any atom is -0.507 e. The Labute approximate surface area is 132 Å². The van der Waals surface area contributed by atoms with E-state index in [1.54, 1.807) is 0 Å². The van der Waals surface area contributed by atoms with Crippen molar-refractivity contribution in [3.8, 4) is 5.75 Å². The molecule has 0 saturated carbocycles. The maximum absolute atomic E-state index is 12.0. The molecule has 0 fully saturated rings. The van der Waals surface area contributed by atoms with E-state index in [4.69, 9.17) is 11.6 Å². The Morgan fingerprint density at radius 2 is 1.90 bits per heavy atom. The molecule has 0 aliphatic rings. The number of amides is 1. The van der Waals surface area contributed by atoms with Crippen molar-refractivity contribution in [1.82, 2.24) is 0 Å². The van der Waals surface area contributed by atoms with Crippen LogP contribution in [0.5, 0.6) is 5.75 Å². The third kappa shape index (κ3) is 3.50. The van der Waals surface area contributed by atoms with Crippen LogP contribution in [-0.2, 0) is 0 Å². The highest BCUT2D eigenvalue weighted by Crippen LogP contribution is 2.30. The lowest BCUT2D eigenvalue weighted by molar-refractivity contribution is -0.384. The summed E-state index contributed by atoms with van der Waals surface area (Å²) in [6, 6.07) is 7.96. The largest absolute Gasteiger partial charge is 0.507 e. The van der Waals surface area contributed by atoms with Crippen molar-refractivity contribution in [2.75, 3.05) is 5.32 Å². The fourth-order valence-electron chi connectivity index (χ4n) is 1.58. The molecule has 2 rings (SSSR count). The van der Waals surface area contributed by atoms with Crippen LogP contribution in [0.4, 0.5) is 11.4 Å². The van der Waals surface area contributed by atoms with E-state index < -0.39 is 10.8 Å². The van der Waals surface area contributed by atoms with E-state index in [9.17, 15) is 20.0 Å². The van der Waals surface area contributed by atoms with Crippen LogP contribution in [0, 0.1) is 10.1 Å². The topological polar surface area (TPSA) is 92.5 Å². The summed E-state index contributed by atoms with van der Waals surface area (Å²) in [5.74, 6) is -0.804. The Bertz CT molecular complexity index is 719. The van der Waals surface area contributed by atoms with E-state index in [0.717, 1.165) is 0 Å². The van der Waals surface area contributed by atoms with Gasteiger partial charge in [-0.3, -0.25) is 14.9 Å². The van der Waals surface area contributed by atoms with Crippen LogP contribution < -0.4 is 5.32 Å². The first-order valence-corrected chi connectivity index (χ1v) is 6.79. The summed E-state index contributed by atoms with van der Waals surface area (Å²) in [6.07, 6.45) is 0. The second kappa shape index (κ2) is 6.11. The molecule has 0 saturated heterocycles. The van der Waals surface area contributed by atoms with Gasteiger partial charge in [-0.2, -0.15) is 0 Å². The molecule has 0 aliphatic carbocycles. The van der Waals surface area contributed by atoms with Crippen LogP contribution in [0.1, 0.15) is 10.4 Å². The number of halogens is 2. The molecule has 0 aromatic heterocycles. The minimum atomic E-state index is -0.573. The Hall–Kier alpha value is -2.12. The first-order chi connectivity index (χ1) is 9.88. The molecule has 21 heavy (non-hydrogen) atoms. The molecule has 0 unspecified atom stereocenters. The highest BCUT2D eigenvalue weighted by atomic mass is 79.9. The monoisotopic (exact) mass is 370 g/mol. The number of hydrogen-bond donors (Lipinski definition) is 2. The van der Waals surface area contributed by atoms with Crippen molar-refractivity contribution < 1.29 is 14.8 Å². The van der Waals surface area contributed by atoms with Crippen LogP contribution in [0.2, 0.25) is 5.02 Å². The number of carbonyl (C=O) groups excluding carboxylic acids is 1. The first kappa shape index (κ1) is 15.3. The van der Waals surface area contributed by atoms with Gasteiger partial charge in [-0.1, -0.05) is 11.6 Å². The molecule has 2 aromatic carbocycles. The van der Waals surface area contributed by atoms with Crippen LogP contribution >= 0.6 is 27.5 Å². The summed E-state index contributed by atoms with van der Waals surface area (Å²) in [4.78, 5) is 22.0. The van der Waals surface area contributed by atoms with Crippen molar-refractivity contribution in [1.29, 1.82) is 0 Å². The number of aromatic hydroxyl groups is 1. The van der Waals surface area contributed by atoms with E-state index in [1.165, 1.54) is 36.4 Å². The third-order valence-corrected chi connectivity index (χ3v) is 3.82. The average Bonchev–Trinajstić information content (AvgIpc) is 2.43. The normalized spacial score (nSPS) is 10.2. The van der Waals surface area contributed by atoms with Crippen molar-refractivity contribution in [3.05, 3.63) is 61.6 Å². The maximum atomic E-state index is 12.0. The molecule has 108 valence electrons. The van der Waals surface area contributed by atoms with Crippen molar-refractivity contribution in [3.63, 3.8) is 0 Å². The molecule has 2 aromatic rings. The number of nitro benzene ring substituents is 1. The number of non-ortho nitro benzene ring substituents is 1. The Morgan fingerprint density at radius 1 is 1.29 bits per heavy atom. The van der Waals surface area contributed by atoms with Crippen molar-refractivity contribution >= 4 is 44.8 Å².